The molecule has 210 valence electrons. The molecule has 0 saturated carbocycles. The Morgan fingerprint density at radius 1 is 1.02 bits per heavy atom. The molecule has 3 saturated heterocycles. The van der Waals surface area contributed by atoms with E-state index in [1.807, 2.05) is 16.5 Å². The van der Waals surface area contributed by atoms with Crippen LogP contribution in [0.25, 0.3) is 0 Å². The first-order valence-electron chi connectivity index (χ1n) is 14.9. The van der Waals surface area contributed by atoms with Crippen molar-refractivity contribution in [2.75, 3.05) is 49.2 Å². The number of carbonyl (C=O) groups is 1. The van der Waals surface area contributed by atoms with Gasteiger partial charge in [-0.15, -0.1) is 10.2 Å². The molecule has 0 spiro atoms. The van der Waals surface area contributed by atoms with E-state index in [0.29, 0.717) is 19.8 Å². The number of hydrogen-bond acceptors (Lipinski definition) is 6. The minimum absolute atomic E-state index is 0.0991. The molecular weight excluding hydrogens is 500 g/mol. The summed E-state index contributed by atoms with van der Waals surface area (Å²) in [5.74, 6) is 1.78. The molecule has 3 fully saturated rings. The summed E-state index contributed by atoms with van der Waals surface area (Å²) in [4.78, 5) is 21.0. The van der Waals surface area contributed by atoms with Gasteiger partial charge in [0.05, 0.1) is 19.8 Å². The second-order valence-corrected chi connectivity index (χ2v) is 12.6. The van der Waals surface area contributed by atoms with Crippen LogP contribution in [-0.2, 0) is 36.7 Å². The molecule has 2 aromatic carbocycles. The monoisotopic (exact) mass is 540 g/mol. The van der Waals surface area contributed by atoms with Gasteiger partial charge in [0.1, 0.15) is 12.2 Å². The third kappa shape index (κ3) is 4.71. The molecule has 4 aliphatic rings. The van der Waals surface area contributed by atoms with E-state index in [1.54, 1.807) is 6.33 Å². The van der Waals surface area contributed by atoms with Gasteiger partial charge in [0, 0.05) is 62.0 Å². The van der Waals surface area contributed by atoms with E-state index < -0.39 is 0 Å². The number of anilines is 2. The second kappa shape index (κ2) is 10.3. The fourth-order valence-electron chi connectivity index (χ4n) is 7.08. The molecule has 1 atom stereocenters. The minimum atomic E-state index is -0.169. The number of fused-ring (bicyclic) bond motifs is 1. The quantitative estimate of drug-likeness (QED) is 0.445. The first kappa shape index (κ1) is 25.7. The Labute approximate surface area is 236 Å². The number of aryl methyl sites for hydroxylation is 1. The van der Waals surface area contributed by atoms with Gasteiger partial charge in [-0.1, -0.05) is 19.1 Å². The normalized spacial score (nSPS) is 22.6. The summed E-state index contributed by atoms with van der Waals surface area (Å²) in [5, 5.41) is 8.38. The van der Waals surface area contributed by atoms with Gasteiger partial charge in [-0.2, -0.15) is 0 Å². The average molecular weight is 541 g/mol. The summed E-state index contributed by atoms with van der Waals surface area (Å²) >= 11 is 0. The van der Waals surface area contributed by atoms with Gasteiger partial charge in [-0.25, -0.2) is 0 Å². The fraction of sp³-hybridized carbons (Fsp3) is 0.531. The van der Waals surface area contributed by atoms with E-state index in [2.05, 4.69) is 63.3 Å². The fourth-order valence-corrected chi connectivity index (χ4v) is 7.08. The number of piperidine rings is 1. The maximum absolute atomic E-state index is 14.0. The summed E-state index contributed by atoms with van der Waals surface area (Å²) in [5.41, 5.74) is 6.49. The standard InChI is InChI=1S/C32H40N6O2/c1-23-6-5-9-36(17-23)18-24-12-27(37-10-3-4-11-37)15-28(13-24)38-19-25-7-8-26(14-29(25)31(38)39)32(20-40-21-32)16-30-34-33-22-35(30)2/h7-8,12-15,22-23H,3-6,9-11,16-21H2,1-2H3/t23-/m0/s1. The second-order valence-electron chi connectivity index (χ2n) is 12.6. The van der Waals surface area contributed by atoms with Crippen LogP contribution >= 0.6 is 0 Å². The van der Waals surface area contributed by atoms with E-state index in [1.165, 1.54) is 36.9 Å². The van der Waals surface area contributed by atoms with E-state index in [-0.39, 0.29) is 11.3 Å². The molecule has 0 N–H and O–H groups in total. The first-order chi connectivity index (χ1) is 19.5. The highest BCUT2D eigenvalue weighted by molar-refractivity contribution is 6.10. The number of nitrogens with zero attached hydrogens (tertiary/aromatic N) is 6. The van der Waals surface area contributed by atoms with Crippen molar-refractivity contribution in [3.8, 4) is 0 Å². The Balaban J connectivity index is 1.17. The highest BCUT2D eigenvalue weighted by Gasteiger charge is 2.43. The van der Waals surface area contributed by atoms with Crippen molar-refractivity contribution in [3.05, 3.63) is 70.8 Å². The number of carbonyl (C=O) groups excluding carboxylic acids is 1. The number of ether oxygens (including phenoxy) is 1. The van der Waals surface area contributed by atoms with Gasteiger partial charge in [-0.05, 0) is 79.1 Å². The molecule has 3 aromatic rings. The topological polar surface area (TPSA) is 66.7 Å². The van der Waals surface area contributed by atoms with Crippen LogP contribution < -0.4 is 9.80 Å². The van der Waals surface area contributed by atoms with E-state index in [0.717, 1.165) is 73.3 Å². The zero-order valence-electron chi connectivity index (χ0n) is 23.8. The first-order valence-corrected chi connectivity index (χ1v) is 14.9. The highest BCUT2D eigenvalue weighted by Crippen LogP contribution is 2.39. The number of hydrogen-bond donors (Lipinski definition) is 0. The maximum atomic E-state index is 14.0. The SMILES string of the molecule is C[C@H]1CCCN(Cc2cc(N3CCCC3)cc(N3Cc4ccc(C5(Cc6nncn6C)COC5)cc4C3=O)c2)C1. The average Bonchev–Trinajstić information content (AvgIpc) is 3.67. The van der Waals surface area contributed by atoms with Crippen molar-refractivity contribution >= 4 is 17.3 Å². The summed E-state index contributed by atoms with van der Waals surface area (Å²) in [6.07, 6.45) is 7.55. The van der Waals surface area contributed by atoms with Gasteiger partial charge in [-0.3, -0.25) is 9.69 Å². The predicted molar refractivity (Wildman–Crippen MR) is 156 cm³/mol. The molecule has 1 amide bonds. The summed E-state index contributed by atoms with van der Waals surface area (Å²) < 4.78 is 7.67. The Kier molecular flexibility index (Phi) is 6.63. The van der Waals surface area contributed by atoms with Crippen LogP contribution in [0.15, 0.2) is 42.7 Å². The van der Waals surface area contributed by atoms with Crippen molar-refractivity contribution in [1.82, 2.24) is 19.7 Å². The Bertz CT molecular complexity index is 1410. The molecule has 5 heterocycles. The van der Waals surface area contributed by atoms with Crippen molar-refractivity contribution in [3.63, 3.8) is 0 Å². The largest absolute Gasteiger partial charge is 0.379 e. The number of rotatable bonds is 7. The van der Waals surface area contributed by atoms with Crippen LogP contribution in [0.1, 0.15) is 65.5 Å². The molecule has 8 nitrogen and oxygen atoms in total. The molecule has 4 aliphatic heterocycles. The molecule has 40 heavy (non-hydrogen) atoms. The molecule has 7 rings (SSSR count). The van der Waals surface area contributed by atoms with Gasteiger partial charge in [0.2, 0.25) is 0 Å². The van der Waals surface area contributed by atoms with E-state index >= 15 is 0 Å². The highest BCUT2D eigenvalue weighted by atomic mass is 16.5. The molecule has 0 radical (unpaired) electrons. The summed E-state index contributed by atoms with van der Waals surface area (Å²) in [6, 6.07) is 13.3. The van der Waals surface area contributed by atoms with Crippen LogP contribution in [0, 0.1) is 5.92 Å². The maximum Gasteiger partial charge on any atom is 0.258 e. The molecule has 1 aromatic heterocycles. The Morgan fingerprint density at radius 3 is 2.58 bits per heavy atom. The molecule has 0 unspecified atom stereocenters. The van der Waals surface area contributed by atoms with Gasteiger partial charge >= 0.3 is 0 Å². The van der Waals surface area contributed by atoms with E-state index in [4.69, 9.17) is 4.74 Å². The van der Waals surface area contributed by atoms with Crippen molar-refractivity contribution < 1.29 is 9.53 Å². The predicted octanol–water partition coefficient (Wildman–Crippen LogP) is 4.32. The van der Waals surface area contributed by atoms with E-state index in [9.17, 15) is 4.79 Å². The molecule has 0 aliphatic carbocycles. The van der Waals surface area contributed by atoms with Crippen LogP contribution in [0.2, 0.25) is 0 Å². The number of likely N-dealkylation sites (tertiary alicyclic amines) is 1. The minimum Gasteiger partial charge on any atom is -0.379 e. The third-order valence-corrected chi connectivity index (χ3v) is 9.48. The van der Waals surface area contributed by atoms with Crippen molar-refractivity contribution in [2.24, 2.45) is 13.0 Å². The van der Waals surface area contributed by atoms with Gasteiger partial charge < -0.3 is 19.1 Å². The van der Waals surface area contributed by atoms with Crippen LogP contribution in [0.5, 0.6) is 0 Å². The smallest absolute Gasteiger partial charge is 0.258 e. The third-order valence-electron chi connectivity index (χ3n) is 9.48. The van der Waals surface area contributed by atoms with Crippen LogP contribution in [-0.4, -0.2) is 65.0 Å². The van der Waals surface area contributed by atoms with Crippen LogP contribution in [0.3, 0.4) is 0 Å². The number of aromatic nitrogens is 3. The molecule has 0 bridgehead atoms. The Morgan fingerprint density at radius 2 is 1.85 bits per heavy atom. The number of amides is 1. The van der Waals surface area contributed by atoms with Crippen molar-refractivity contribution in [2.45, 2.75) is 57.5 Å². The summed E-state index contributed by atoms with van der Waals surface area (Å²) in [6.45, 7) is 9.69. The number of benzene rings is 2. The zero-order valence-corrected chi connectivity index (χ0v) is 23.8. The lowest BCUT2D eigenvalue weighted by atomic mass is 9.75. The van der Waals surface area contributed by atoms with Crippen molar-refractivity contribution in [1.29, 1.82) is 0 Å². The van der Waals surface area contributed by atoms with Crippen LogP contribution in [0.4, 0.5) is 11.4 Å². The lowest BCUT2D eigenvalue weighted by Gasteiger charge is -2.41. The molecular formula is C32H40N6O2. The summed E-state index contributed by atoms with van der Waals surface area (Å²) in [7, 11) is 1.98. The lowest BCUT2D eigenvalue weighted by Crippen LogP contribution is -2.49. The molecule has 8 heteroatoms. The van der Waals surface area contributed by atoms with Gasteiger partial charge in [0.25, 0.3) is 5.91 Å². The van der Waals surface area contributed by atoms with Gasteiger partial charge in [0.15, 0.2) is 0 Å². The lowest BCUT2D eigenvalue weighted by molar-refractivity contribution is -0.0611. The zero-order chi connectivity index (χ0) is 27.3. The Hall–Kier alpha value is -3.23.